The van der Waals surface area contributed by atoms with Gasteiger partial charge in [-0.3, -0.25) is 4.79 Å². The number of amides is 1. The maximum absolute atomic E-state index is 14.1. The number of allylic oxidation sites excluding steroid dienone is 1. The van der Waals surface area contributed by atoms with Crippen LogP contribution in [-0.2, 0) is 4.79 Å². The standard InChI is InChI=1S/C35H60N2O2/c1-30(2)17-19-35(29(39)36-21-10-22-37(8)9)20-18-33(6)24(25(35)23-30)11-12-27-32(5)15-14-28(38)31(3,4)26(32)13-16-34(27,33)7/h26-28,38H,10-23H2,1-9H3,(H,36,39)/t26-,27+,28-,32-,33+,34+,35-/m0/s1. The Morgan fingerprint density at radius 3 is 2.26 bits per heavy atom. The normalized spacial score (nSPS) is 44.6. The Bertz CT molecular complexity index is 1010. The smallest absolute Gasteiger partial charge is 0.230 e. The number of nitrogens with zero attached hydrogens (tertiary/aromatic N) is 1. The van der Waals surface area contributed by atoms with E-state index in [1.165, 1.54) is 25.7 Å². The first-order chi connectivity index (χ1) is 18.0. The fraction of sp³-hybridized carbons (Fsp3) is 0.914. The zero-order valence-corrected chi connectivity index (χ0v) is 26.9. The largest absolute Gasteiger partial charge is 0.393 e. The van der Waals surface area contributed by atoms with Gasteiger partial charge in [0.05, 0.1) is 11.5 Å². The highest BCUT2D eigenvalue weighted by Gasteiger charge is 2.68. The number of carbonyl (C=O) groups excluding carboxylic acids is 1. The zero-order valence-electron chi connectivity index (χ0n) is 26.9. The van der Waals surface area contributed by atoms with Crippen molar-refractivity contribution >= 4 is 5.91 Å². The molecular formula is C35H60N2O2. The van der Waals surface area contributed by atoms with Crippen molar-refractivity contribution in [3.63, 3.8) is 0 Å². The molecule has 5 rings (SSSR count). The van der Waals surface area contributed by atoms with Gasteiger partial charge in [0.15, 0.2) is 0 Å². The topological polar surface area (TPSA) is 52.6 Å². The van der Waals surface area contributed by atoms with Crippen molar-refractivity contribution < 1.29 is 9.90 Å². The minimum absolute atomic E-state index is 0.00619. The van der Waals surface area contributed by atoms with E-state index >= 15 is 0 Å². The van der Waals surface area contributed by atoms with Crippen LogP contribution in [0.15, 0.2) is 11.1 Å². The second-order valence-electron chi connectivity index (χ2n) is 17.1. The van der Waals surface area contributed by atoms with Crippen LogP contribution in [0, 0.1) is 44.3 Å². The lowest BCUT2D eigenvalue weighted by Gasteiger charge is -2.71. The number of fused-ring (bicyclic) bond motifs is 6. The average molecular weight is 541 g/mol. The van der Waals surface area contributed by atoms with E-state index < -0.39 is 0 Å². The second-order valence-corrected chi connectivity index (χ2v) is 17.1. The minimum Gasteiger partial charge on any atom is -0.393 e. The lowest BCUT2D eigenvalue weighted by Crippen LogP contribution is -2.64. The first kappa shape index (κ1) is 29.6. The average Bonchev–Trinajstić information content (AvgIpc) is 2.84. The number of hydrogen-bond acceptors (Lipinski definition) is 3. The Labute approximate surface area is 240 Å². The third-order valence-electron chi connectivity index (χ3n) is 14.0. The number of hydrogen-bond donors (Lipinski definition) is 2. The van der Waals surface area contributed by atoms with Crippen LogP contribution in [0.3, 0.4) is 0 Å². The van der Waals surface area contributed by atoms with Gasteiger partial charge in [0.1, 0.15) is 0 Å². The van der Waals surface area contributed by atoms with Gasteiger partial charge in [-0.05, 0) is 137 Å². The summed E-state index contributed by atoms with van der Waals surface area (Å²) in [6.07, 6.45) is 13.3. The highest BCUT2D eigenvalue weighted by atomic mass is 16.3. The molecule has 0 aromatic rings. The molecule has 0 bridgehead atoms. The summed E-state index contributed by atoms with van der Waals surface area (Å²) in [7, 11) is 4.21. The first-order valence-corrected chi connectivity index (χ1v) is 16.4. The molecule has 4 saturated carbocycles. The SMILES string of the molecule is CN(C)CCCNC(=O)[C@]12CCC(C)(C)CC1=C1CC[C@@H]3[C@@]4(C)CC[C@H](O)C(C)(C)[C@@H]4CC[C@@]3(C)[C@]1(C)CC2. The van der Waals surface area contributed by atoms with Crippen molar-refractivity contribution in [3.8, 4) is 0 Å². The highest BCUT2D eigenvalue weighted by molar-refractivity contribution is 5.87. The fourth-order valence-corrected chi connectivity index (χ4v) is 11.4. The molecule has 39 heavy (non-hydrogen) atoms. The summed E-state index contributed by atoms with van der Waals surface area (Å²) in [4.78, 5) is 16.3. The van der Waals surface area contributed by atoms with Crippen molar-refractivity contribution in [1.29, 1.82) is 0 Å². The molecule has 222 valence electrons. The van der Waals surface area contributed by atoms with Gasteiger partial charge in [0, 0.05) is 6.54 Å². The number of rotatable bonds is 5. The van der Waals surface area contributed by atoms with Crippen LogP contribution in [0.2, 0.25) is 0 Å². The third-order valence-corrected chi connectivity index (χ3v) is 14.0. The van der Waals surface area contributed by atoms with Crippen LogP contribution in [-0.4, -0.2) is 49.2 Å². The highest BCUT2D eigenvalue weighted by Crippen LogP contribution is 2.75. The van der Waals surface area contributed by atoms with Crippen molar-refractivity contribution in [1.82, 2.24) is 10.2 Å². The Hall–Kier alpha value is -0.870. The number of nitrogens with one attached hydrogen (secondary N) is 1. The Kier molecular flexibility index (Phi) is 7.27. The Balaban J connectivity index is 1.52. The van der Waals surface area contributed by atoms with Gasteiger partial charge in [0.25, 0.3) is 0 Å². The summed E-state index contributed by atoms with van der Waals surface area (Å²) in [5, 5.41) is 14.4. The lowest BCUT2D eigenvalue weighted by atomic mass is 9.34. The molecule has 5 aliphatic rings. The third kappa shape index (κ3) is 4.31. The molecule has 0 spiro atoms. The summed E-state index contributed by atoms with van der Waals surface area (Å²) in [5.74, 6) is 1.61. The molecule has 4 fully saturated rings. The van der Waals surface area contributed by atoms with E-state index in [2.05, 4.69) is 72.8 Å². The van der Waals surface area contributed by atoms with Gasteiger partial charge in [-0.25, -0.2) is 0 Å². The van der Waals surface area contributed by atoms with Crippen LogP contribution >= 0.6 is 0 Å². The number of carbonyl (C=O) groups is 1. The quantitative estimate of drug-likeness (QED) is 0.283. The molecule has 0 radical (unpaired) electrons. The van der Waals surface area contributed by atoms with Crippen molar-refractivity contribution in [2.45, 2.75) is 132 Å². The van der Waals surface area contributed by atoms with Crippen LogP contribution < -0.4 is 5.32 Å². The fourth-order valence-electron chi connectivity index (χ4n) is 11.4. The van der Waals surface area contributed by atoms with Crippen LogP contribution in [0.1, 0.15) is 126 Å². The van der Waals surface area contributed by atoms with Gasteiger partial charge in [-0.2, -0.15) is 0 Å². The van der Waals surface area contributed by atoms with E-state index in [0.717, 1.165) is 64.5 Å². The van der Waals surface area contributed by atoms with Crippen LogP contribution in [0.4, 0.5) is 0 Å². The predicted octanol–water partition coefficient (Wildman–Crippen LogP) is 7.36. The molecule has 0 unspecified atom stereocenters. The maximum Gasteiger partial charge on any atom is 0.230 e. The van der Waals surface area contributed by atoms with Gasteiger partial charge >= 0.3 is 0 Å². The van der Waals surface area contributed by atoms with E-state index in [1.807, 2.05) is 0 Å². The Morgan fingerprint density at radius 1 is 0.872 bits per heavy atom. The molecule has 2 N–H and O–H groups in total. The zero-order chi connectivity index (χ0) is 28.6. The molecule has 0 heterocycles. The molecule has 1 amide bonds. The summed E-state index contributed by atoms with van der Waals surface area (Å²) in [5.41, 5.74) is 3.94. The summed E-state index contributed by atoms with van der Waals surface area (Å²) >= 11 is 0. The number of aliphatic hydroxyl groups is 1. The molecule has 4 heteroatoms. The van der Waals surface area contributed by atoms with E-state index in [-0.39, 0.29) is 33.2 Å². The van der Waals surface area contributed by atoms with Crippen molar-refractivity contribution in [3.05, 3.63) is 11.1 Å². The molecular weight excluding hydrogens is 480 g/mol. The summed E-state index contributed by atoms with van der Waals surface area (Å²) in [6, 6.07) is 0. The van der Waals surface area contributed by atoms with Crippen molar-refractivity contribution in [2.75, 3.05) is 27.2 Å². The van der Waals surface area contributed by atoms with E-state index in [0.29, 0.717) is 23.2 Å². The Morgan fingerprint density at radius 2 is 1.56 bits per heavy atom. The second kappa shape index (κ2) is 9.58. The van der Waals surface area contributed by atoms with Gasteiger partial charge in [-0.1, -0.05) is 59.6 Å². The maximum atomic E-state index is 14.1. The number of aliphatic hydroxyl groups excluding tert-OH is 1. The molecule has 0 aromatic heterocycles. The van der Waals surface area contributed by atoms with Crippen LogP contribution in [0.5, 0.6) is 0 Å². The van der Waals surface area contributed by atoms with Gasteiger partial charge in [0.2, 0.25) is 5.91 Å². The lowest BCUT2D eigenvalue weighted by molar-refractivity contribution is -0.204. The monoisotopic (exact) mass is 540 g/mol. The van der Waals surface area contributed by atoms with E-state index in [1.54, 1.807) is 11.1 Å². The molecule has 0 saturated heterocycles. The van der Waals surface area contributed by atoms with Gasteiger partial charge < -0.3 is 15.3 Å². The summed E-state index contributed by atoms with van der Waals surface area (Å²) in [6.45, 7) is 19.2. The molecule has 0 aliphatic heterocycles. The molecule has 4 nitrogen and oxygen atoms in total. The molecule has 7 atom stereocenters. The molecule has 0 aromatic carbocycles. The minimum atomic E-state index is -0.288. The van der Waals surface area contributed by atoms with Crippen molar-refractivity contribution in [2.24, 2.45) is 44.3 Å². The first-order valence-electron chi connectivity index (χ1n) is 16.4. The summed E-state index contributed by atoms with van der Waals surface area (Å²) < 4.78 is 0. The van der Waals surface area contributed by atoms with E-state index in [4.69, 9.17) is 0 Å². The predicted molar refractivity (Wildman–Crippen MR) is 161 cm³/mol. The van der Waals surface area contributed by atoms with Crippen LogP contribution in [0.25, 0.3) is 0 Å². The van der Waals surface area contributed by atoms with E-state index in [9.17, 15) is 9.90 Å². The molecule has 5 aliphatic carbocycles. The van der Waals surface area contributed by atoms with Gasteiger partial charge in [-0.15, -0.1) is 0 Å².